The number of hydrazone groups is 1. The largest absolute Gasteiger partial charge is 0.480 e. The van der Waals surface area contributed by atoms with Crippen molar-refractivity contribution in [2.24, 2.45) is 10.9 Å². The van der Waals surface area contributed by atoms with E-state index in [-0.39, 0.29) is 0 Å². The summed E-state index contributed by atoms with van der Waals surface area (Å²) in [5, 5.41) is 16.9. The normalized spacial score (nSPS) is 27.6. The van der Waals surface area contributed by atoms with Crippen molar-refractivity contribution in [1.29, 1.82) is 0 Å². The smallest absolute Gasteiger partial charge is 0.328 e. The minimum atomic E-state index is -0.911. The van der Waals surface area contributed by atoms with Gasteiger partial charge in [-0.25, -0.2) is 4.79 Å². The SMILES string of the molecule is NN=C1NC[C@H](C(=O)O)N1. The van der Waals surface area contributed by atoms with Gasteiger partial charge in [0.1, 0.15) is 6.04 Å². The van der Waals surface area contributed by atoms with E-state index >= 15 is 0 Å². The van der Waals surface area contributed by atoms with Gasteiger partial charge in [0.05, 0.1) is 0 Å². The summed E-state index contributed by atoms with van der Waals surface area (Å²) in [4.78, 5) is 10.3. The molecule has 1 atom stereocenters. The molecule has 0 amide bonds. The molecule has 0 bridgehead atoms. The van der Waals surface area contributed by atoms with Crippen molar-refractivity contribution in [3.63, 3.8) is 0 Å². The zero-order valence-electron chi connectivity index (χ0n) is 5.16. The molecule has 6 heteroatoms. The van der Waals surface area contributed by atoms with Gasteiger partial charge in [-0.05, 0) is 0 Å². The van der Waals surface area contributed by atoms with E-state index in [1.54, 1.807) is 0 Å². The highest BCUT2D eigenvalue weighted by Gasteiger charge is 2.24. The molecule has 0 saturated carbocycles. The third-order valence-corrected chi connectivity index (χ3v) is 1.21. The van der Waals surface area contributed by atoms with Crippen LogP contribution in [0.1, 0.15) is 0 Å². The van der Waals surface area contributed by atoms with Gasteiger partial charge >= 0.3 is 5.97 Å². The van der Waals surface area contributed by atoms with Crippen LogP contribution >= 0.6 is 0 Å². The molecule has 1 heterocycles. The van der Waals surface area contributed by atoms with E-state index in [4.69, 9.17) is 10.9 Å². The Morgan fingerprint density at radius 3 is 2.90 bits per heavy atom. The van der Waals surface area contributed by atoms with Crippen LogP contribution in [0.3, 0.4) is 0 Å². The second-order valence-corrected chi connectivity index (χ2v) is 1.89. The fraction of sp³-hybridized carbons (Fsp3) is 0.500. The summed E-state index contributed by atoms with van der Waals surface area (Å²) < 4.78 is 0. The van der Waals surface area contributed by atoms with Crippen LogP contribution < -0.4 is 16.5 Å². The standard InChI is InChI=1S/C4H8N4O2/c5-8-4-6-1-2(7-4)3(9)10/h2H,1,5H2,(H,9,10)(H2,6,7,8)/t2-/m1/s1. The monoisotopic (exact) mass is 144 g/mol. The molecule has 1 rings (SSSR count). The first-order chi connectivity index (χ1) is 4.74. The molecule has 1 aliphatic rings. The van der Waals surface area contributed by atoms with Crippen molar-refractivity contribution in [3.05, 3.63) is 0 Å². The fourth-order valence-corrected chi connectivity index (χ4v) is 0.698. The molecular weight excluding hydrogens is 136 g/mol. The van der Waals surface area contributed by atoms with Gasteiger partial charge in [-0.3, -0.25) is 0 Å². The zero-order chi connectivity index (χ0) is 7.56. The van der Waals surface area contributed by atoms with Gasteiger partial charge in [-0.15, -0.1) is 5.10 Å². The molecular formula is C4H8N4O2. The lowest BCUT2D eigenvalue weighted by Crippen LogP contribution is -2.35. The van der Waals surface area contributed by atoms with E-state index in [1.807, 2.05) is 0 Å². The van der Waals surface area contributed by atoms with Crippen LogP contribution in [0.2, 0.25) is 0 Å². The van der Waals surface area contributed by atoms with Crippen molar-refractivity contribution in [1.82, 2.24) is 10.6 Å². The minimum Gasteiger partial charge on any atom is -0.480 e. The van der Waals surface area contributed by atoms with E-state index in [9.17, 15) is 4.79 Å². The number of hydrogen-bond acceptors (Lipinski definition) is 3. The maximum atomic E-state index is 10.3. The van der Waals surface area contributed by atoms with Gasteiger partial charge in [-0.2, -0.15) is 0 Å². The summed E-state index contributed by atoms with van der Waals surface area (Å²) in [5.74, 6) is 4.28. The molecule has 0 radical (unpaired) electrons. The van der Waals surface area contributed by atoms with Crippen LogP contribution in [-0.2, 0) is 4.79 Å². The minimum absolute atomic E-state index is 0.325. The number of guanidine groups is 1. The predicted octanol–water partition coefficient (Wildman–Crippen LogP) is -2.14. The summed E-state index contributed by atoms with van der Waals surface area (Å²) in [6.45, 7) is 0.325. The lowest BCUT2D eigenvalue weighted by molar-refractivity contribution is -0.138. The van der Waals surface area contributed by atoms with Crippen LogP contribution in [0, 0.1) is 0 Å². The van der Waals surface area contributed by atoms with Crippen molar-refractivity contribution >= 4 is 11.9 Å². The number of carboxylic acids is 1. The number of carbonyl (C=O) groups is 1. The molecule has 10 heavy (non-hydrogen) atoms. The molecule has 1 saturated heterocycles. The Labute approximate surface area is 57.1 Å². The summed E-state index contributed by atoms with van der Waals surface area (Å²) in [5.41, 5.74) is 0. The average molecular weight is 144 g/mol. The lowest BCUT2D eigenvalue weighted by atomic mass is 10.3. The molecule has 0 aliphatic carbocycles. The Kier molecular flexibility index (Phi) is 1.61. The summed E-state index contributed by atoms with van der Waals surface area (Å²) in [6, 6.07) is -0.609. The second-order valence-electron chi connectivity index (χ2n) is 1.89. The Morgan fingerprint density at radius 2 is 2.60 bits per heavy atom. The second kappa shape index (κ2) is 2.42. The van der Waals surface area contributed by atoms with Crippen LogP contribution in [-0.4, -0.2) is 29.6 Å². The number of aliphatic carboxylic acids is 1. The highest BCUT2D eigenvalue weighted by Crippen LogP contribution is 1.88. The van der Waals surface area contributed by atoms with Gasteiger partial charge in [0, 0.05) is 6.54 Å². The third-order valence-electron chi connectivity index (χ3n) is 1.21. The Balaban J connectivity index is 2.51. The molecule has 0 unspecified atom stereocenters. The highest BCUT2D eigenvalue weighted by atomic mass is 16.4. The molecule has 5 N–H and O–H groups in total. The molecule has 0 aromatic carbocycles. The topological polar surface area (TPSA) is 99.7 Å². The molecule has 0 aromatic rings. The number of nitrogens with two attached hydrogens (primary N) is 1. The molecule has 0 spiro atoms. The van der Waals surface area contributed by atoms with E-state index in [2.05, 4.69) is 15.7 Å². The quantitative estimate of drug-likeness (QED) is 0.248. The lowest BCUT2D eigenvalue weighted by Gasteiger charge is -1.99. The Bertz CT molecular complexity index is 178. The summed E-state index contributed by atoms with van der Waals surface area (Å²) >= 11 is 0. The maximum absolute atomic E-state index is 10.3. The first-order valence-electron chi connectivity index (χ1n) is 2.75. The Morgan fingerprint density at radius 1 is 1.90 bits per heavy atom. The molecule has 1 aliphatic heterocycles. The third kappa shape index (κ3) is 1.09. The van der Waals surface area contributed by atoms with Gasteiger partial charge < -0.3 is 21.6 Å². The van der Waals surface area contributed by atoms with Crippen molar-refractivity contribution in [2.45, 2.75) is 6.04 Å². The fourth-order valence-electron chi connectivity index (χ4n) is 0.698. The van der Waals surface area contributed by atoms with Crippen LogP contribution in [0.5, 0.6) is 0 Å². The number of nitrogens with one attached hydrogen (secondary N) is 2. The van der Waals surface area contributed by atoms with Crippen LogP contribution in [0.4, 0.5) is 0 Å². The molecule has 56 valence electrons. The predicted molar refractivity (Wildman–Crippen MR) is 34.2 cm³/mol. The summed E-state index contributed by atoms with van der Waals surface area (Å²) in [7, 11) is 0. The number of rotatable bonds is 1. The van der Waals surface area contributed by atoms with Gasteiger partial charge in [0.2, 0.25) is 5.96 Å². The first kappa shape index (κ1) is 6.66. The molecule has 6 nitrogen and oxygen atoms in total. The van der Waals surface area contributed by atoms with Gasteiger partial charge in [-0.1, -0.05) is 0 Å². The number of nitrogens with zero attached hydrogens (tertiary/aromatic N) is 1. The highest BCUT2D eigenvalue weighted by molar-refractivity contribution is 5.89. The van der Waals surface area contributed by atoms with E-state index in [0.29, 0.717) is 12.5 Å². The van der Waals surface area contributed by atoms with E-state index in [1.165, 1.54) is 0 Å². The van der Waals surface area contributed by atoms with Crippen molar-refractivity contribution in [3.8, 4) is 0 Å². The average Bonchev–Trinajstić information content (AvgIpc) is 2.34. The number of carboxylic acid groups (broad SMARTS) is 1. The van der Waals surface area contributed by atoms with Crippen molar-refractivity contribution < 1.29 is 9.90 Å². The van der Waals surface area contributed by atoms with Crippen LogP contribution in [0.15, 0.2) is 5.10 Å². The van der Waals surface area contributed by atoms with Crippen LogP contribution in [0.25, 0.3) is 0 Å². The summed E-state index contributed by atoms with van der Waals surface area (Å²) in [6.07, 6.45) is 0. The number of hydrogen-bond donors (Lipinski definition) is 4. The molecule has 1 fully saturated rings. The Hall–Kier alpha value is -1.46. The van der Waals surface area contributed by atoms with Crippen molar-refractivity contribution in [2.75, 3.05) is 6.54 Å². The maximum Gasteiger partial charge on any atom is 0.328 e. The van der Waals surface area contributed by atoms with Gasteiger partial charge in [0.15, 0.2) is 0 Å². The van der Waals surface area contributed by atoms with E-state index in [0.717, 1.165) is 0 Å². The van der Waals surface area contributed by atoms with Gasteiger partial charge in [0.25, 0.3) is 0 Å². The first-order valence-corrected chi connectivity index (χ1v) is 2.75. The van der Waals surface area contributed by atoms with E-state index < -0.39 is 12.0 Å². The zero-order valence-corrected chi connectivity index (χ0v) is 5.16. The molecule has 0 aromatic heterocycles.